The predicted octanol–water partition coefficient (Wildman–Crippen LogP) is 0.567. The van der Waals surface area contributed by atoms with E-state index in [-0.39, 0.29) is 65.4 Å². The minimum atomic E-state index is -4.46. The monoisotopic (exact) mass is 846 g/mol. The molecule has 8 N–H and O–H groups in total. The minimum Gasteiger partial charge on any atom is -0.494 e. The van der Waals surface area contributed by atoms with Gasteiger partial charge >= 0.3 is 5.97 Å². The number of anilines is 1. The minimum absolute atomic E-state index is 0.0441. The molecule has 2 aromatic carbocycles. The van der Waals surface area contributed by atoms with Crippen molar-refractivity contribution in [1.82, 2.24) is 35.2 Å². The maximum absolute atomic E-state index is 13.5. The van der Waals surface area contributed by atoms with Gasteiger partial charge in [-0.2, -0.15) is 13.1 Å². The highest BCUT2D eigenvalue weighted by atomic mass is 32.2. The molecule has 3 amide bonds. The first-order chi connectivity index (χ1) is 27.3. The van der Waals surface area contributed by atoms with E-state index in [0.29, 0.717) is 23.8 Å². The largest absolute Gasteiger partial charge is 0.494 e. The Kier molecular flexibility index (Phi) is 15.1. The molecule has 58 heavy (non-hydrogen) atoms. The number of aromatic amines is 1. The van der Waals surface area contributed by atoms with E-state index in [4.69, 9.17) is 9.29 Å². The zero-order valence-electron chi connectivity index (χ0n) is 32.1. The van der Waals surface area contributed by atoms with Crippen LogP contribution in [0.25, 0.3) is 10.9 Å². The fraction of sp³-hybridized carbons (Fsp3) is 0.389. The SMILES string of the molecule is Cc1cc(OCCCC(=O)NCCNC(=O)[C@@H](C)CS(=O)(=O)O)cc(C)c1S(=O)(=O)N[C@@H](CNC(=O)c1cn(C)c2cc(CNc3ncc[nH]3)ccc2c1=O)C(=O)O. The summed E-state index contributed by atoms with van der Waals surface area (Å²) in [4.78, 5) is 69.5. The summed E-state index contributed by atoms with van der Waals surface area (Å²) in [7, 11) is -7.12. The lowest BCUT2D eigenvalue weighted by Gasteiger charge is -2.19. The van der Waals surface area contributed by atoms with Crippen molar-refractivity contribution in [3.63, 3.8) is 0 Å². The van der Waals surface area contributed by atoms with E-state index in [9.17, 15) is 45.9 Å². The number of fused-ring (bicyclic) bond motifs is 1. The Balaban J connectivity index is 1.29. The number of pyridine rings is 1. The summed E-state index contributed by atoms with van der Waals surface area (Å²) in [6.07, 6.45) is 4.95. The molecule has 0 aliphatic heterocycles. The van der Waals surface area contributed by atoms with E-state index in [1.807, 2.05) is 0 Å². The number of sulfonamides is 1. The summed E-state index contributed by atoms with van der Waals surface area (Å²) in [6.45, 7) is 4.28. The molecule has 0 spiro atoms. The predicted molar refractivity (Wildman–Crippen MR) is 211 cm³/mol. The number of ether oxygens (including phenoxy) is 1. The zero-order valence-corrected chi connectivity index (χ0v) is 33.8. The van der Waals surface area contributed by atoms with Crippen molar-refractivity contribution in [3.8, 4) is 5.75 Å². The number of nitrogens with one attached hydrogen (secondary N) is 6. The average Bonchev–Trinajstić information content (AvgIpc) is 3.66. The van der Waals surface area contributed by atoms with Gasteiger partial charge in [-0.25, -0.2) is 13.4 Å². The lowest BCUT2D eigenvalue weighted by atomic mass is 10.1. The van der Waals surface area contributed by atoms with E-state index in [1.165, 1.54) is 39.1 Å². The number of carboxylic acids is 1. The van der Waals surface area contributed by atoms with Crippen LogP contribution in [0.15, 0.2) is 58.6 Å². The molecular weight excluding hydrogens is 801 g/mol. The van der Waals surface area contributed by atoms with E-state index in [2.05, 4.69) is 36.0 Å². The van der Waals surface area contributed by atoms with Crippen LogP contribution < -0.4 is 36.2 Å². The molecule has 0 saturated carbocycles. The topological polar surface area (TPSA) is 297 Å². The number of imidazole rings is 1. The normalized spacial score (nSPS) is 12.7. The first kappa shape index (κ1) is 44.9. The fourth-order valence-electron chi connectivity index (χ4n) is 5.95. The van der Waals surface area contributed by atoms with Gasteiger partial charge in [0.1, 0.15) is 17.4 Å². The maximum atomic E-state index is 13.5. The molecule has 0 unspecified atom stereocenters. The lowest BCUT2D eigenvalue weighted by molar-refractivity contribution is -0.138. The maximum Gasteiger partial charge on any atom is 0.323 e. The van der Waals surface area contributed by atoms with Gasteiger partial charge in [-0.3, -0.25) is 28.5 Å². The van der Waals surface area contributed by atoms with Gasteiger partial charge in [0.2, 0.25) is 27.3 Å². The fourth-order valence-corrected chi connectivity index (χ4v) is 8.37. The highest BCUT2D eigenvalue weighted by Crippen LogP contribution is 2.26. The van der Waals surface area contributed by atoms with Gasteiger partial charge in [0.15, 0.2) is 5.95 Å². The number of hydrogen-bond donors (Lipinski definition) is 8. The first-order valence-corrected chi connectivity index (χ1v) is 21.0. The van der Waals surface area contributed by atoms with Crippen molar-refractivity contribution in [1.29, 1.82) is 0 Å². The second kappa shape index (κ2) is 19.5. The van der Waals surface area contributed by atoms with Crippen LogP contribution in [0, 0.1) is 19.8 Å². The second-order valence-electron chi connectivity index (χ2n) is 13.5. The number of H-pyrrole nitrogens is 1. The number of benzene rings is 2. The van der Waals surface area contributed by atoms with Gasteiger partial charge in [0, 0.05) is 63.6 Å². The number of rotatable bonds is 21. The van der Waals surface area contributed by atoms with Crippen LogP contribution in [-0.4, -0.2) is 103 Å². The number of aromatic nitrogens is 3. The van der Waals surface area contributed by atoms with Crippen LogP contribution in [0.1, 0.15) is 46.8 Å². The molecular formula is C36H46N8O12S2. The Bertz CT molecular complexity index is 2410. The van der Waals surface area contributed by atoms with Crippen molar-refractivity contribution >= 4 is 60.7 Å². The van der Waals surface area contributed by atoms with Crippen LogP contribution in [0.2, 0.25) is 0 Å². The van der Waals surface area contributed by atoms with Crippen molar-refractivity contribution in [2.75, 3.05) is 37.3 Å². The number of carbonyl (C=O) groups is 4. The summed E-state index contributed by atoms with van der Waals surface area (Å²) in [5, 5.41) is 20.7. The van der Waals surface area contributed by atoms with Crippen molar-refractivity contribution in [3.05, 3.63) is 81.4 Å². The molecule has 2 heterocycles. The van der Waals surface area contributed by atoms with E-state index in [0.717, 1.165) is 5.56 Å². The third kappa shape index (κ3) is 12.6. The van der Waals surface area contributed by atoms with Gasteiger partial charge in [0.25, 0.3) is 16.0 Å². The molecule has 22 heteroatoms. The number of aryl methyl sites for hydroxylation is 3. The molecule has 0 saturated heterocycles. The molecule has 0 radical (unpaired) electrons. The number of carbonyl (C=O) groups excluding carboxylic acids is 3. The summed E-state index contributed by atoms with van der Waals surface area (Å²) in [5.74, 6) is -4.21. The molecule has 4 rings (SSSR count). The Morgan fingerprint density at radius 1 is 1.00 bits per heavy atom. The lowest BCUT2D eigenvalue weighted by Crippen LogP contribution is -2.49. The van der Waals surface area contributed by atoms with E-state index in [1.54, 1.807) is 42.2 Å². The standard InChI is InChI=1S/C36H46N8O12S2/c1-21-14-25(56-13-5-6-30(45)37-9-10-38-33(47)23(3)20-57(51,52)53)15-22(2)32(21)58(54,55)43-28(35(49)50)18-41-34(48)27-19-44(4)29-16-24(7-8-26(29)31(27)46)17-42-36-39-11-12-40-36/h7-8,11-12,14-16,19,23,28,43H,5-6,9-10,13,17-18,20H2,1-4H3,(H,37,45)(H,38,47)(H,41,48)(H,49,50)(H2,39,40,42)(H,51,52,53)/t23-,28-/m0/s1. The third-order valence-corrected chi connectivity index (χ3v) is 11.4. The molecule has 2 atom stereocenters. The molecule has 0 bridgehead atoms. The summed E-state index contributed by atoms with van der Waals surface area (Å²) < 4.78 is 67.1. The van der Waals surface area contributed by atoms with Crippen molar-refractivity contribution < 1.29 is 50.4 Å². The van der Waals surface area contributed by atoms with Gasteiger partial charge in [0.05, 0.1) is 28.7 Å². The number of aliphatic carboxylic acids is 1. The first-order valence-electron chi connectivity index (χ1n) is 17.9. The molecule has 0 fully saturated rings. The Labute approximate surface area is 334 Å². The van der Waals surface area contributed by atoms with Gasteiger partial charge in [-0.1, -0.05) is 13.0 Å². The highest BCUT2D eigenvalue weighted by molar-refractivity contribution is 7.89. The molecule has 20 nitrogen and oxygen atoms in total. The molecule has 4 aromatic rings. The Hall–Kier alpha value is -5.84. The Morgan fingerprint density at radius 2 is 1.69 bits per heavy atom. The summed E-state index contributed by atoms with van der Waals surface area (Å²) in [5.41, 5.74) is 1.01. The summed E-state index contributed by atoms with van der Waals surface area (Å²) in [6, 6.07) is 6.18. The quantitative estimate of drug-likeness (QED) is 0.0420. The van der Waals surface area contributed by atoms with Crippen LogP contribution in [-0.2, 0) is 48.1 Å². The number of nitrogens with zero attached hydrogens (tertiary/aromatic N) is 2. The molecule has 0 aliphatic rings. The number of carboxylic acid groups (broad SMARTS) is 1. The Morgan fingerprint density at radius 3 is 2.33 bits per heavy atom. The van der Waals surface area contributed by atoms with Crippen LogP contribution in [0.5, 0.6) is 5.75 Å². The molecule has 2 aromatic heterocycles. The van der Waals surface area contributed by atoms with Crippen LogP contribution >= 0.6 is 0 Å². The second-order valence-corrected chi connectivity index (χ2v) is 16.6. The highest BCUT2D eigenvalue weighted by Gasteiger charge is 2.29. The molecule has 0 aliphatic carbocycles. The van der Waals surface area contributed by atoms with Gasteiger partial charge in [-0.05, 0) is 61.2 Å². The average molecular weight is 847 g/mol. The van der Waals surface area contributed by atoms with Crippen LogP contribution in [0.3, 0.4) is 0 Å². The zero-order chi connectivity index (χ0) is 42.8. The van der Waals surface area contributed by atoms with Crippen molar-refractivity contribution in [2.45, 2.75) is 51.1 Å². The van der Waals surface area contributed by atoms with E-state index >= 15 is 0 Å². The van der Waals surface area contributed by atoms with Crippen LogP contribution in [0.4, 0.5) is 5.95 Å². The number of amides is 3. The third-order valence-electron chi connectivity index (χ3n) is 8.69. The molecule has 314 valence electrons. The van der Waals surface area contributed by atoms with Gasteiger partial charge < -0.3 is 40.7 Å². The van der Waals surface area contributed by atoms with Gasteiger partial charge in [-0.15, -0.1) is 0 Å². The van der Waals surface area contributed by atoms with Crippen molar-refractivity contribution in [2.24, 2.45) is 13.0 Å². The number of hydrogen-bond acceptors (Lipinski definition) is 12. The summed E-state index contributed by atoms with van der Waals surface area (Å²) >= 11 is 0. The van der Waals surface area contributed by atoms with E-state index < -0.39 is 67.6 Å². The smallest absolute Gasteiger partial charge is 0.323 e.